The van der Waals surface area contributed by atoms with E-state index in [4.69, 9.17) is 11.6 Å². The maximum atomic E-state index is 11.4. The molecule has 0 aliphatic rings. The molecule has 0 bridgehead atoms. The number of para-hydroxylation sites is 1. The maximum absolute atomic E-state index is 11.4. The minimum Gasteiger partial charge on any atom is -0.347 e. The van der Waals surface area contributed by atoms with Gasteiger partial charge in [0.05, 0.1) is 0 Å². The van der Waals surface area contributed by atoms with Gasteiger partial charge in [-0.25, -0.2) is 0 Å². The zero-order valence-corrected chi connectivity index (χ0v) is 9.67. The number of alkyl halides is 1. The van der Waals surface area contributed by atoms with E-state index < -0.39 is 11.8 Å². The third kappa shape index (κ3) is 3.55. The Morgan fingerprint density at radius 1 is 1.25 bits per heavy atom. The van der Waals surface area contributed by atoms with Crippen LogP contribution in [0.2, 0.25) is 0 Å². The van der Waals surface area contributed by atoms with Crippen molar-refractivity contribution >= 4 is 29.1 Å². The third-order valence-corrected chi connectivity index (χ3v) is 2.17. The maximum Gasteiger partial charge on any atom is 0.313 e. The van der Waals surface area contributed by atoms with E-state index in [1.165, 1.54) is 0 Å². The molecule has 0 heterocycles. The lowest BCUT2D eigenvalue weighted by atomic mass is 10.2. The van der Waals surface area contributed by atoms with E-state index in [1.54, 1.807) is 12.1 Å². The number of carbonyl (C=O) groups is 2. The molecule has 0 spiro atoms. The summed E-state index contributed by atoms with van der Waals surface area (Å²) in [5, 5.41) is 4.91. The molecule has 0 atom stereocenters. The van der Waals surface area contributed by atoms with E-state index >= 15 is 0 Å². The molecular weight excluding hydrogens is 228 g/mol. The van der Waals surface area contributed by atoms with Crippen molar-refractivity contribution in [3.8, 4) is 0 Å². The van der Waals surface area contributed by atoms with Gasteiger partial charge in [0, 0.05) is 18.1 Å². The summed E-state index contributed by atoms with van der Waals surface area (Å²) in [4.78, 5) is 22.6. The van der Waals surface area contributed by atoms with Crippen LogP contribution in [0.15, 0.2) is 24.3 Å². The van der Waals surface area contributed by atoms with E-state index in [0.717, 1.165) is 5.56 Å². The number of nitrogens with one attached hydrogen (secondary N) is 2. The third-order valence-electron chi connectivity index (χ3n) is 1.98. The van der Waals surface area contributed by atoms with Gasteiger partial charge >= 0.3 is 11.8 Å². The van der Waals surface area contributed by atoms with Gasteiger partial charge in [-0.1, -0.05) is 18.2 Å². The van der Waals surface area contributed by atoms with Crippen molar-refractivity contribution in [2.45, 2.75) is 6.92 Å². The van der Waals surface area contributed by atoms with Crippen molar-refractivity contribution in [3.63, 3.8) is 0 Å². The Labute approximate surface area is 99.0 Å². The van der Waals surface area contributed by atoms with E-state index in [0.29, 0.717) is 5.69 Å². The van der Waals surface area contributed by atoms with Crippen LogP contribution in [0.25, 0.3) is 0 Å². The molecule has 16 heavy (non-hydrogen) atoms. The van der Waals surface area contributed by atoms with Gasteiger partial charge in [-0.3, -0.25) is 9.59 Å². The summed E-state index contributed by atoms with van der Waals surface area (Å²) in [6.45, 7) is 2.13. The smallest absolute Gasteiger partial charge is 0.313 e. The molecular formula is C11H13ClN2O2. The molecule has 0 aliphatic carbocycles. The Kier molecular flexibility index (Phi) is 4.79. The number of hydrogen-bond acceptors (Lipinski definition) is 2. The van der Waals surface area contributed by atoms with E-state index in [9.17, 15) is 9.59 Å². The zero-order chi connectivity index (χ0) is 12.0. The van der Waals surface area contributed by atoms with E-state index in [1.807, 2.05) is 19.1 Å². The van der Waals surface area contributed by atoms with E-state index in [-0.39, 0.29) is 12.4 Å². The number of benzene rings is 1. The molecule has 0 aromatic heterocycles. The lowest BCUT2D eigenvalue weighted by molar-refractivity contribution is -0.136. The molecule has 1 rings (SSSR count). The molecule has 86 valence electrons. The van der Waals surface area contributed by atoms with Crippen LogP contribution in [0.5, 0.6) is 0 Å². The molecule has 1 aromatic rings. The largest absolute Gasteiger partial charge is 0.347 e. The predicted molar refractivity (Wildman–Crippen MR) is 63.5 cm³/mol. The second kappa shape index (κ2) is 6.12. The summed E-state index contributed by atoms with van der Waals surface area (Å²) in [5.74, 6) is -1.08. The standard InChI is InChI=1S/C11H13ClN2O2/c1-8-4-2-3-5-9(8)14-11(16)10(15)13-7-6-12/h2-5H,6-7H2,1H3,(H,13,15)(H,14,16). The highest BCUT2D eigenvalue weighted by molar-refractivity contribution is 6.39. The number of carbonyl (C=O) groups excluding carboxylic acids is 2. The highest BCUT2D eigenvalue weighted by atomic mass is 35.5. The fraction of sp³-hybridized carbons (Fsp3) is 0.273. The molecule has 0 unspecified atom stereocenters. The normalized spacial score (nSPS) is 9.62. The molecule has 0 saturated heterocycles. The average molecular weight is 241 g/mol. The number of amides is 2. The van der Waals surface area contributed by atoms with Crippen molar-refractivity contribution in [1.82, 2.24) is 5.32 Å². The van der Waals surface area contributed by atoms with Crippen LogP contribution in [-0.2, 0) is 9.59 Å². The molecule has 0 aliphatic heterocycles. The number of aryl methyl sites for hydroxylation is 1. The van der Waals surface area contributed by atoms with Crippen LogP contribution >= 0.6 is 11.6 Å². The van der Waals surface area contributed by atoms with Gasteiger partial charge in [-0.15, -0.1) is 11.6 Å². The Hall–Kier alpha value is -1.55. The topological polar surface area (TPSA) is 58.2 Å². The number of hydrogen-bond donors (Lipinski definition) is 2. The quantitative estimate of drug-likeness (QED) is 0.618. The minimum absolute atomic E-state index is 0.279. The highest BCUT2D eigenvalue weighted by Gasteiger charge is 2.13. The lowest BCUT2D eigenvalue weighted by Crippen LogP contribution is -2.36. The number of rotatable bonds is 3. The first-order valence-corrected chi connectivity index (χ1v) is 5.39. The van der Waals surface area contributed by atoms with Crippen molar-refractivity contribution in [3.05, 3.63) is 29.8 Å². The molecule has 0 radical (unpaired) electrons. The van der Waals surface area contributed by atoms with Crippen LogP contribution in [0.3, 0.4) is 0 Å². The van der Waals surface area contributed by atoms with Gasteiger partial charge in [-0.05, 0) is 18.6 Å². The van der Waals surface area contributed by atoms with Crippen LogP contribution in [0, 0.1) is 6.92 Å². The lowest BCUT2D eigenvalue weighted by Gasteiger charge is -2.07. The first-order chi connectivity index (χ1) is 7.65. The summed E-state index contributed by atoms with van der Waals surface area (Å²) in [5.41, 5.74) is 1.54. The zero-order valence-electron chi connectivity index (χ0n) is 8.92. The molecule has 0 fully saturated rings. The fourth-order valence-electron chi connectivity index (χ4n) is 1.13. The van der Waals surface area contributed by atoms with Crippen LogP contribution in [0.1, 0.15) is 5.56 Å². The summed E-state index contributed by atoms with van der Waals surface area (Å²) in [6.07, 6.45) is 0. The second-order valence-corrected chi connectivity index (χ2v) is 3.59. The first-order valence-electron chi connectivity index (χ1n) is 4.86. The molecule has 5 heteroatoms. The van der Waals surface area contributed by atoms with Gasteiger partial charge in [0.1, 0.15) is 0 Å². The summed E-state index contributed by atoms with van der Waals surface area (Å²) < 4.78 is 0. The monoisotopic (exact) mass is 240 g/mol. The Bertz CT molecular complexity index is 393. The average Bonchev–Trinajstić information content (AvgIpc) is 2.28. The number of halogens is 1. The first kappa shape index (κ1) is 12.5. The molecule has 2 amide bonds. The fourth-order valence-corrected chi connectivity index (χ4v) is 1.23. The van der Waals surface area contributed by atoms with Gasteiger partial charge in [-0.2, -0.15) is 0 Å². The second-order valence-electron chi connectivity index (χ2n) is 3.21. The van der Waals surface area contributed by atoms with Crippen LogP contribution < -0.4 is 10.6 Å². The highest BCUT2D eigenvalue weighted by Crippen LogP contribution is 2.12. The summed E-state index contributed by atoms with van der Waals surface area (Å²) >= 11 is 5.39. The van der Waals surface area contributed by atoms with Crippen molar-refractivity contribution < 1.29 is 9.59 Å². The Morgan fingerprint density at radius 3 is 2.56 bits per heavy atom. The van der Waals surface area contributed by atoms with Crippen molar-refractivity contribution in [1.29, 1.82) is 0 Å². The predicted octanol–water partition coefficient (Wildman–Crippen LogP) is 1.29. The van der Waals surface area contributed by atoms with Gasteiger partial charge < -0.3 is 10.6 Å². The van der Waals surface area contributed by atoms with Crippen molar-refractivity contribution in [2.24, 2.45) is 0 Å². The van der Waals surface area contributed by atoms with Gasteiger partial charge in [0.2, 0.25) is 0 Å². The minimum atomic E-state index is -0.681. The van der Waals surface area contributed by atoms with E-state index in [2.05, 4.69) is 10.6 Å². The van der Waals surface area contributed by atoms with Crippen molar-refractivity contribution in [2.75, 3.05) is 17.7 Å². The molecule has 1 aromatic carbocycles. The van der Waals surface area contributed by atoms with Crippen LogP contribution in [-0.4, -0.2) is 24.2 Å². The van der Waals surface area contributed by atoms with Crippen LogP contribution in [0.4, 0.5) is 5.69 Å². The van der Waals surface area contributed by atoms with Gasteiger partial charge in [0.15, 0.2) is 0 Å². The molecule has 0 saturated carbocycles. The summed E-state index contributed by atoms with van der Waals surface area (Å²) in [6, 6.07) is 7.24. The molecule has 2 N–H and O–H groups in total. The summed E-state index contributed by atoms with van der Waals surface area (Å²) in [7, 11) is 0. The SMILES string of the molecule is Cc1ccccc1NC(=O)C(=O)NCCCl. The molecule has 4 nitrogen and oxygen atoms in total. The number of anilines is 1. The Morgan fingerprint density at radius 2 is 1.94 bits per heavy atom. The Balaban J connectivity index is 2.58. The van der Waals surface area contributed by atoms with Gasteiger partial charge in [0.25, 0.3) is 0 Å².